The predicted octanol–water partition coefficient (Wildman–Crippen LogP) is 0.778. The van der Waals surface area contributed by atoms with Gasteiger partial charge < -0.3 is 11.1 Å². The van der Waals surface area contributed by atoms with Gasteiger partial charge in [-0.15, -0.1) is 5.10 Å². The molecular weight excluding hydrogens is 299 g/mol. The highest BCUT2D eigenvalue weighted by atomic mass is 19.1. The molecular formula is C15H19FN6O. The summed E-state index contributed by atoms with van der Waals surface area (Å²) in [5, 5.41) is 8.92. The first kappa shape index (κ1) is 15.4. The Morgan fingerprint density at radius 2 is 2.30 bits per heavy atom. The summed E-state index contributed by atoms with van der Waals surface area (Å²) < 4.78 is 13.7. The van der Waals surface area contributed by atoms with E-state index in [1.807, 2.05) is 6.07 Å². The number of amides is 1. The number of nitrogens with two attached hydrogens (primary N) is 1. The lowest BCUT2D eigenvalue weighted by atomic mass is 10.1. The van der Waals surface area contributed by atoms with Crippen LogP contribution in [0.3, 0.4) is 0 Å². The first-order valence-corrected chi connectivity index (χ1v) is 7.53. The lowest BCUT2D eigenvalue weighted by Gasteiger charge is -2.16. The molecule has 1 atom stereocenters. The van der Waals surface area contributed by atoms with Crippen LogP contribution in [-0.4, -0.2) is 45.6 Å². The van der Waals surface area contributed by atoms with E-state index in [4.69, 9.17) is 5.73 Å². The summed E-state index contributed by atoms with van der Waals surface area (Å²) in [5.41, 5.74) is 6.07. The molecule has 1 aromatic carbocycles. The second-order valence-electron chi connectivity index (χ2n) is 5.73. The quantitative estimate of drug-likeness (QED) is 0.756. The molecule has 0 aliphatic carbocycles. The molecule has 1 aliphatic heterocycles. The lowest BCUT2D eigenvalue weighted by molar-refractivity contribution is 0.0937. The highest BCUT2D eigenvalue weighted by molar-refractivity contribution is 5.90. The van der Waals surface area contributed by atoms with Crippen LogP contribution in [0, 0.1) is 11.7 Å². The van der Waals surface area contributed by atoms with Crippen LogP contribution in [-0.2, 0) is 6.54 Å². The van der Waals surface area contributed by atoms with Crippen molar-refractivity contribution in [3.63, 3.8) is 0 Å². The van der Waals surface area contributed by atoms with E-state index < -0.39 is 0 Å². The van der Waals surface area contributed by atoms with Crippen molar-refractivity contribution in [1.29, 1.82) is 0 Å². The molecule has 122 valence electrons. The van der Waals surface area contributed by atoms with E-state index in [1.165, 1.54) is 6.07 Å². The summed E-state index contributed by atoms with van der Waals surface area (Å²) in [6, 6.07) is 6.82. The number of carbonyl (C=O) groups excluding carboxylic acids is 1. The van der Waals surface area contributed by atoms with Crippen LogP contribution in [0.15, 0.2) is 24.3 Å². The zero-order chi connectivity index (χ0) is 16.2. The summed E-state index contributed by atoms with van der Waals surface area (Å²) in [5.74, 6) is 0.00990. The van der Waals surface area contributed by atoms with Gasteiger partial charge in [-0.3, -0.25) is 14.8 Å². The fraction of sp³-hybridized carbons (Fsp3) is 0.400. The van der Waals surface area contributed by atoms with Gasteiger partial charge in [0.25, 0.3) is 5.91 Å². The van der Waals surface area contributed by atoms with E-state index >= 15 is 0 Å². The molecule has 1 aliphatic rings. The fourth-order valence-corrected chi connectivity index (χ4v) is 2.79. The maximum Gasteiger partial charge on any atom is 0.288 e. The highest BCUT2D eigenvalue weighted by Crippen LogP contribution is 2.19. The summed E-state index contributed by atoms with van der Waals surface area (Å²) in [7, 11) is 0. The van der Waals surface area contributed by atoms with Crippen LogP contribution in [0.25, 0.3) is 0 Å². The number of aromatic amines is 1. The van der Waals surface area contributed by atoms with Gasteiger partial charge in [-0.1, -0.05) is 18.2 Å². The Kier molecular flexibility index (Phi) is 4.52. The molecule has 0 unspecified atom stereocenters. The number of aromatic nitrogens is 3. The van der Waals surface area contributed by atoms with Crippen LogP contribution < -0.4 is 11.1 Å². The van der Waals surface area contributed by atoms with E-state index in [0.717, 1.165) is 19.5 Å². The van der Waals surface area contributed by atoms with E-state index in [1.54, 1.807) is 12.1 Å². The van der Waals surface area contributed by atoms with Gasteiger partial charge in [-0.2, -0.15) is 4.98 Å². The molecule has 4 N–H and O–H groups in total. The standard InChI is InChI=1S/C15H19FN6O/c16-12-4-2-1-3-11(12)9-22-6-5-10(8-22)7-18-14(23)13-19-15(17)21-20-13/h1-4,10H,5-9H2,(H,18,23)(H3,17,19,20,21)/t10-/m0/s1. The average Bonchev–Trinajstić information content (AvgIpc) is 3.16. The number of rotatable bonds is 5. The van der Waals surface area contributed by atoms with Crippen molar-refractivity contribution in [2.45, 2.75) is 13.0 Å². The third-order valence-electron chi connectivity index (χ3n) is 3.99. The predicted molar refractivity (Wildman–Crippen MR) is 82.9 cm³/mol. The lowest BCUT2D eigenvalue weighted by Crippen LogP contribution is -2.31. The Morgan fingerprint density at radius 3 is 3.04 bits per heavy atom. The van der Waals surface area contributed by atoms with Gasteiger partial charge in [0.05, 0.1) is 0 Å². The fourth-order valence-electron chi connectivity index (χ4n) is 2.79. The molecule has 8 heteroatoms. The summed E-state index contributed by atoms with van der Waals surface area (Å²) in [6.07, 6.45) is 0.966. The number of nitrogen functional groups attached to an aromatic ring is 1. The van der Waals surface area contributed by atoms with Gasteiger partial charge in [0.1, 0.15) is 5.82 Å². The summed E-state index contributed by atoms with van der Waals surface area (Å²) in [4.78, 5) is 17.8. The largest absolute Gasteiger partial charge is 0.366 e. The number of nitrogens with zero attached hydrogens (tertiary/aromatic N) is 3. The van der Waals surface area contributed by atoms with Crippen LogP contribution in [0.5, 0.6) is 0 Å². The number of hydrogen-bond donors (Lipinski definition) is 3. The highest BCUT2D eigenvalue weighted by Gasteiger charge is 2.24. The second-order valence-corrected chi connectivity index (χ2v) is 5.73. The molecule has 1 saturated heterocycles. The number of likely N-dealkylation sites (tertiary alicyclic amines) is 1. The van der Waals surface area contributed by atoms with Gasteiger partial charge in [0.15, 0.2) is 0 Å². The Bertz CT molecular complexity index is 688. The Morgan fingerprint density at radius 1 is 1.48 bits per heavy atom. The third kappa shape index (κ3) is 3.84. The zero-order valence-electron chi connectivity index (χ0n) is 12.6. The number of carbonyl (C=O) groups is 1. The molecule has 0 saturated carbocycles. The third-order valence-corrected chi connectivity index (χ3v) is 3.99. The number of anilines is 1. The maximum absolute atomic E-state index is 13.7. The van der Waals surface area contributed by atoms with E-state index in [2.05, 4.69) is 25.4 Å². The number of halogens is 1. The number of benzene rings is 1. The second kappa shape index (κ2) is 6.74. The SMILES string of the molecule is Nc1n[nH]c(C(=O)NC[C@@H]2CCN(Cc3ccccc3F)C2)n1. The van der Waals surface area contributed by atoms with Crippen molar-refractivity contribution in [2.24, 2.45) is 5.92 Å². The minimum absolute atomic E-state index is 0.0482. The van der Waals surface area contributed by atoms with Crippen molar-refractivity contribution in [3.8, 4) is 0 Å². The molecule has 1 amide bonds. The van der Waals surface area contributed by atoms with E-state index in [9.17, 15) is 9.18 Å². The van der Waals surface area contributed by atoms with Crippen LogP contribution in [0.1, 0.15) is 22.6 Å². The van der Waals surface area contributed by atoms with E-state index in [0.29, 0.717) is 24.6 Å². The molecule has 1 aromatic heterocycles. The minimum atomic E-state index is -0.318. The van der Waals surface area contributed by atoms with Gasteiger partial charge in [-0.25, -0.2) is 4.39 Å². The van der Waals surface area contributed by atoms with E-state index in [-0.39, 0.29) is 23.5 Å². The topological polar surface area (TPSA) is 99.9 Å². The molecule has 3 rings (SSSR count). The molecule has 0 bridgehead atoms. The molecule has 0 radical (unpaired) electrons. The molecule has 2 aromatic rings. The van der Waals surface area contributed by atoms with Gasteiger partial charge in [0.2, 0.25) is 11.8 Å². The Hall–Kier alpha value is -2.48. The average molecular weight is 318 g/mol. The van der Waals surface area contributed by atoms with Gasteiger partial charge >= 0.3 is 0 Å². The normalized spacial score (nSPS) is 18.2. The molecule has 0 spiro atoms. The van der Waals surface area contributed by atoms with Crippen molar-refractivity contribution in [3.05, 3.63) is 41.5 Å². The Balaban J connectivity index is 1.47. The monoisotopic (exact) mass is 318 g/mol. The van der Waals surface area contributed by atoms with Crippen molar-refractivity contribution in [1.82, 2.24) is 25.4 Å². The van der Waals surface area contributed by atoms with Gasteiger partial charge in [-0.05, 0) is 24.9 Å². The van der Waals surface area contributed by atoms with Crippen LogP contribution >= 0.6 is 0 Å². The number of H-pyrrole nitrogens is 1. The Labute approximate surface area is 133 Å². The summed E-state index contributed by atoms with van der Waals surface area (Å²) >= 11 is 0. The molecule has 23 heavy (non-hydrogen) atoms. The van der Waals surface area contributed by atoms with Crippen LogP contribution in [0.4, 0.5) is 10.3 Å². The molecule has 2 heterocycles. The van der Waals surface area contributed by atoms with Gasteiger partial charge in [0, 0.05) is 25.2 Å². The molecule has 7 nitrogen and oxygen atoms in total. The minimum Gasteiger partial charge on any atom is -0.366 e. The maximum atomic E-state index is 13.7. The number of hydrogen-bond acceptors (Lipinski definition) is 5. The van der Waals surface area contributed by atoms with Crippen molar-refractivity contribution >= 4 is 11.9 Å². The first-order chi connectivity index (χ1) is 11.1. The first-order valence-electron chi connectivity index (χ1n) is 7.53. The smallest absolute Gasteiger partial charge is 0.288 e. The molecule has 1 fully saturated rings. The zero-order valence-corrected chi connectivity index (χ0v) is 12.6. The van der Waals surface area contributed by atoms with Crippen molar-refractivity contribution in [2.75, 3.05) is 25.4 Å². The number of nitrogens with one attached hydrogen (secondary N) is 2. The summed E-state index contributed by atoms with van der Waals surface area (Å²) in [6.45, 7) is 2.86. The van der Waals surface area contributed by atoms with Crippen molar-refractivity contribution < 1.29 is 9.18 Å². The van der Waals surface area contributed by atoms with Crippen LogP contribution in [0.2, 0.25) is 0 Å².